The van der Waals surface area contributed by atoms with Crippen molar-refractivity contribution in [1.29, 1.82) is 0 Å². The van der Waals surface area contributed by atoms with Gasteiger partial charge in [-0.2, -0.15) is 4.31 Å². The lowest BCUT2D eigenvalue weighted by Gasteiger charge is -2.36. The van der Waals surface area contributed by atoms with Crippen LogP contribution in [0.3, 0.4) is 0 Å². The minimum Gasteiger partial charge on any atom is -0.352 e. The summed E-state index contributed by atoms with van der Waals surface area (Å²) in [5.74, 6) is -0.154. The van der Waals surface area contributed by atoms with Gasteiger partial charge < -0.3 is 10.6 Å². The molecule has 2 aliphatic heterocycles. The molecule has 2 heterocycles. The molecule has 138 valence electrons. The van der Waals surface area contributed by atoms with E-state index in [-0.39, 0.29) is 16.8 Å². The fourth-order valence-electron chi connectivity index (χ4n) is 3.74. The minimum absolute atomic E-state index is 0.118. The van der Waals surface area contributed by atoms with Crippen LogP contribution in [0.25, 0.3) is 0 Å². The van der Waals surface area contributed by atoms with Crippen LogP contribution in [-0.4, -0.2) is 49.8 Å². The van der Waals surface area contributed by atoms with Gasteiger partial charge in [-0.05, 0) is 51.3 Å². The smallest absolute Gasteiger partial charge is 0.243 e. The molecule has 1 aromatic carbocycles. The van der Waals surface area contributed by atoms with E-state index in [1.54, 1.807) is 30.3 Å². The van der Waals surface area contributed by atoms with Crippen molar-refractivity contribution in [2.45, 2.75) is 62.0 Å². The lowest BCUT2D eigenvalue weighted by Crippen LogP contribution is -2.55. The second kappa shape index (κ2) is 7.85. The first-order chi connectivity index (χ1) is 12.0. The monoisotopic (exact) mass is 365 g/mol. The van der Waals surface area contributed by atoms with Gasteiger partial charge in [-0.1, -0.05) is 24.6 Å². The number of amides is 1. The highest BCUT2D eigenvalue weighted by Gasteiger charge is 2.38. The lowest BCUT2D eigenvalue weighted by molar-refractivity contribution is -0.126. The molecule has 2 fully saturated rings. The van der Waals surface area contributed by atoms with Crippen LogP contribution in [0.2, 0.25) is 0 Å². The van der Waals surface area contributed by atoms with Gasteiger partial charge in [0.1, 0.15) is 6.04 Å². The molecular weight excluding hydrogens is 338 g/mol. The molecular formula is C18H27N3O3S. The molecule has 1 amide bonds. The fraction of sp³-hybridized carbons (Fsp3) is 0.611. The summed E-state index contributed by atoms with van der Waals surface area (Å²) in [6, 6.07) is 8.27. The van der Waals surface area contributed by atoms with Gasteiger partial charge in [0.2, 0.25) is 15.9 Å². The molecule has 3 unspecified atom stereocenters. The predicted octanol–water partition coefficient (Wildman–Crippen LogP) is 1.49. The van der Waals surface area contributed by atoms with E-state index in [2.05, 4.69) is 17.6 Å². The molecule has 0 saturated carbocycles. The Morgan fingerprint density at radius 2 is 1.96 bits per heavy atom. The zero-order chi connectivity index (χ0) is 17.9. The average molecular weight is 365 g/mol. The Kier molecular flexibility index (Phi) is 5.76. The van der Waals surface area contributed by atoms with Crippen molar-refractivity contribution < 1.29 is 13.2 Å². The summed E-state index contributed by atoms with van der Waals surface area (Å²) in [5, 5.41) is 6.45. The lowest BCUT2D eigenvalue weighted by atomic mass is 9.99. The van der Waals surface area contributed by atoms with Gasteiger partial charge >= 0.3 is 0 Å². The second-order valence-electron chi connectivity index (χ2n) is 7.03. The van der Waals surface area contributed by atoms with Gasteiger partial charge in [0.05, 0.1) is 4.90 Å². The van der Waals surface area contributed by atoms with Crippen LogP contribution in [0.15, 0.2) is 35.2 Å². The maximum atomic E-state index is 13.0. The van der Waals surface area contributed by atoms with Gasteiger partial charge in [-0.3, -0.25) is 4.79 Å². The molecule has 2 saturated heterocycles. The number of carbonyl (C=O) groups is 1. The van der Waals surface area contributed by atoms with Crippen LogP contribution >= 0.6 is 0 Å². The van der Waals surface area contributed by atoms with E-state index >= 15 is 0 Å². The normalized spacial score (nSPS) is 28.4. The molecule has 0 bridgehead atoms. The van der Waals surface area contributed by atoms with E-state index in [4.69, 9.17) is 0 Å². The molecule has 6 nitrogen and oxygen atoms in total. The van der Waals surface area contributed by atoms with Crippen molar-refractivity contribution in [2.75, 3.05) is 13.1 Å². The molecule has 0 radical (unpaired) electrons. The molecule has 3 atom stereocenters. The van der Waals surface area contributed by atoms with Gasteiger partial charge in [0, 0.05) is 18.6 Å². The first-order valence-electron chi connectivity index (χ1n) is 9.09. The van der Waals surface area contributed by atoms with E-state index < -0.39 is 16.1 Å². The quantitative estimate of drug-likeness (QED) is 0.847. The minimum atomic E-state index is -3.65. The molecule has 1 aromatic rings. The number of benzene rings is 1. The van der Waals surface area contributed by atoms with Gasteiger partial charge in [0.15, 0.2) is 0 Å². The van der Waals surface area contributed by atoms with Crippen molar-refractivity contribution >= 4 is 15.9 Å². The fourth-order valence-corrected chi connectivity index (χ4v) is 5.42. The van der Waals surface area contributed by atoms with Crippen molar-refractivity contribution in [2.24, 2.45) is 0 Å². The van der Waals surface area contributed by atoms with E-state index in [9.17, 15) is 13.2 Å². The number of carbonyl (C=O) groups excluding carboxylic acids is 1. The van der Waals surface area contributed by atoms with Crippen LogP contribution in [0.1, 0.15) is 39.0 Å². The molecule has 3 rings (SSSR count). The zero-order valence-corrected chi connectivity index (χ0v) is 15.5. The number of nitrogens with one attached hydrogen (secondary N) is 2. The van der Waals surface area contributed by atoms with Gasteiger partial charge in [-0.15, -0.1) is 0 Å². The third kappa shape index (κ3) is 4.22. The Bertz CT molecular complexity index is 693. The van der Waals surface area contributed by atoms with Crippen LogP contribution < -0.4 is 10.6 Å². The number of hydrogen-bond donors (Lipinski definition) is 2. The first kappa shape index (κ1) is 18.4. The third-order valence-electron chi connectivity index (χ3n) is 5.08. The molecule has 7 heteroatoms. The molecule has 0 aromatic heterocycles. The van der Waals surface area contributed by atoms with E-state index in [0.29, 0.717) is 19.0 Å². The second-order valence-corrected chi connectivity index (χ2v) is 8.92. The Morgan fingerprint density at radius 1 is 1.20 bits per heavy atom. The van der Waals surface area contributed by atoms with E-state index in [1.807, 2.05) is 0 Å². The van der Waals surface area contributed by atoms with Crippen LogP contribution in [0.4, 0.5) is 0 Å². The highest BCUT2D eigenvalue weighted by atomic mass is 32.2. The summed E-state index contributed by atoms with van der Waals surface area (Å²) in [6.45, 7) is 3.38. The summed E-state index contributed by atoms with van der Waals surface area (Å²) >= 11 is 0. The largest absolute Gasteiger partial charge is 0.352 e. The van der Waals surface area contributed by atoms with Gasteiger partial charge in [-0.25, -0.2) is 8.42 Å². The van der Waals surface area contributed by atoms with Gasteiger partial charge in [0.25, 0.3) is 0 Å². The standard InChI is InChI=1S/C18H27N3O3S/c1-14-13-15(10-11-19-14)20-18(22)17-9-5-6-12-21(17)25(23,24)16-7-3-2-4-8-16/h2-4,7-8,14-15,17,19H,5-6,9-13H2,1H3,(H,20,22). The third-order valence-corrected chi connectivity index (χ3v) is 7.00. The van der Waals surface area contributed by atoms with Crippen molar-refractivity contribution in [3.63, 3.8) is 0 Å². The average Bonchev–Trinajstić information content (AvgIpc) is 2.62. The summed E-state index contributed by atoms with van der Waals surface area (Å²) in [7, 11) is -3.65. The maximum Gasteiger partial charge on any atom is 0.243 e. The number of piperidine rings is 2. The van der Waals surface area contributed by atoms with Crippen LogP contribution in [0, 0.1) is 0 Å². The van der Waals surface area contributed by atoms with Crippen molar-refractivity contribution in [3.8, 4) is 0 Å². The highest BCUT2D eigenvalue weighted by Crippen LogP contribution is 2.25. The Balaban J connectivity index is 1.75. The summed E-state index contributed by atoms with van der Waals surface area (Å²) < 4.78 is 27.4. The Labute approximate surface area is 150 Å². The van der Waals surface area contributed by atoms with Crippen LogP contribution in [-0.2, 0) is 14.8 Å². The number of rotatable bonds is 4. The van der Waals surface area contributed by atoms with Crippen molar-refractivity contribution in [1.82, 2.24) is 14.9 Å². The Morgan fingerprint density at radius 3 is 2.68 bits per heavy atom. The highest BCUT2D eigenvalue weighted by molar-refractivity contribution is 7.89. The topological polar surface area (TPSA) is 78.5 Å². The zero-order valence-electron chi connectivity index (χ0n) is 14.6. The Hall–Kier alpha value is -1.44. The number of hydrogen-bond acceptors (Lipinski definition) is 4. The maximum absolute atomic E-state index is 13.0. The first-order valence-corrected chi connectivity index (χ1v) is 10.5. The van der Waals surface area contributed by atoms with E-state index in [1.165, 1.54) is 4.31 Å². The molecule has 2 N–H and O–H groups in total. The SMILES string of the molecule is CC1CC(NC(=O)C2CCCCN2S(=O)(=O)c2ccccc2)CCN1. The summed E-state index contributed by atoms with van der Waals surface area (Å²) in [5.41, 5.74) is 0. The summed E-state index contributed by atoms with van der Waals surface area (Å²) in [4.78, 5) is 13.1. The number of nitrogens with zero attached hydrogens (tertiary/aromatic N) is 1. The van der Waals surface area contributed by atoms with E-state index in [0.717, 1.165) is 32.2 Å². The number of sulfonamides is 1. The molecule has 2 aliphatic rings. The van der Waals surface area contributed by atoms with Crippen LogP contribution in [0.5, 0.6) is 0 Å². The van der Waals surface area contributed by atoms with Crippen molar-refractivity contribution in [3.05, 3.63) is 30.3 Å². The molecule has 0 aliphatic carbocycles. The summed E-state index contributed by atoms with van der Waals surface area (Å²) in [6.07, 6.45) is 4.01. The molecule has 0 spiro atoms. The predicted molar refractivity (Wildman–Crippen MR) is 96.6 cm³/mol. The molecule has 25 heavy (non-hydrogen) atoms.